The average Bonchev–Trinajstić information content (AvgIpc) is 2.95. The van der Waals surface area contributed by atoms with E-state index in [4.69, 9.17) is 5.73 Å². The van der Waals surface area contributed by atoms with E-state index in [9.17, 15) is 0 Å². The highest BCUT2D eigenvalue weighted by Gasteiger charge is 2.29. The molecule has 14 heavy (non-hydrogen) atoms. The third kappa shape index (κ3) is 1.23. The average molecular weight is 186 g/mol. The molecule has 0 unspecified atom stereocenters. The molecule has 1 heterocycles. The standard InChI is InChI=1S/C12H14N2/c13-12(9-2-3-9)10-4-1-8-5-6-14-11(8)7-10/h1,4-7,9,12,14H,2-3,13H2/t12-/m0/s1. The molecule has 1 aliphatic carbocycles. The van der Waals surface area contributed by atoms with E-state index in [1.54, 1.807) is 0 Å². The van der Waals surface area contributed by atoms with Crippen molar-refractivity contribution >= 4 is 10.9 Å². The van der Waals surface area contributed by atoms with Crippen molar-refractivity contribution in [2.45, 2.75) is 18.9 Å². The number of nitrogens with two attached hydrogens (primary N) is 1. The number of hydrogen-bond acceptors (Lipinski definition) is 1. The van der Waals surface area contributed by atoms with Crippen LogP contribution in [0.3, 0.4) is 0 Å². The van der Waals surface area contributed by atoms with E-state index in [0.29, 0.717) is 0 Å². The predicted octanol–water partition coefficient (Wildman–Crippen LogP) is 2.58. The van der Waals surface area contributed by atoms with Crippen LogP contribution in [0.25, 0.3) is 10.9 Å². The Labute approximate surface area is 83.1 Å². The van der Waals surface area contributed by atoms with Crippen LogP contribution in [-0.4, -0.2) is 4.98 Å². The molecule has 3 rings (SSSR count). The van der Waals surface area contributed by atoms with Gasteiger partial charge in [-0.05, 0) is 41.8 Å². The number of aromatic nitrogens is 1. The molecule has 2 nitrogen and oxygen atoms in total. The van der Waals surface area contributed by atoms with Crippen molar-refractivity contribution in [2.75, 3.05) is 0 Å². The Hall–Kier alpha value is -1.28. The van der Waals surface area contributed by atoms with Gasteiger partial charge in [-0.3, -0.25) is 0 Å². The Morgan fingerprint density at radius 3 is 2.93 bits per heavy atom. The first kappa shape index (κ1) is 8.06. The van der Waals surface area contributed by atoms with Crippen molar-refractivity contribution in [2.24, 2.45) is 11.7 Å². The molecule has 72 valence electrons. The Morgan fingerprint density at radius 1 is 1.29 bits per heavy atom. The summed E-state index contributed by atoms with van der Waals surface area (Å²) in [6.07, 6.45) is 4.56. The van der Waals surface area contributed by atoms with E-state index in [-0.39, 0.29) is 6.04 Å². The molecule has 2 aromatic rings. The molecule has 0 amide bonds. The van der Waals surface area contributed by atoms with Crippen molar-refractivity contribution in [3.63, 3.8) is 0 Å². The number of fused-ring (bicyclic) bond motifs is 1. The van der Waals surface area contributed by atoms with Crippen LogP contribution in [-0.2, 0) is 0 Å². The Kier molecular flexibility index (Phi) is 1.64. The van der Waals surface area contributed by atoms with Crippen LogP contribution in [0, 0.1) is 5.92 Å². The quantitative estimate of drug-likeness (QED) is 0.743. The smallest absolute Gasteiger partial charge is 0.0457 e. The van der Waals surface area contributed by atoms with Crippen LogP contribution < -0.4 is 5.73 Å². The molecule has 0 bridgehead atoms. The molecule has 2 heteroatoms. The zero-order valence-electron chi connectivity index (χ0n) is 8.03. The highest BCUT2D eigenvalue weighted by Crippen LogP contribution is 2.39. The van der Waals surface area contributed by atoms with Gasteiger partial charge in [-0.2, -0.15) is 0 Å². The summed E-state index contributed by atoms with van der Waals surface area (Å²) >= 11 is 0. The molecular weight excluding hydrogens is 172 g/mol. The van der Waals surface area contributed by atoms with Gasteiger partial charge in [0.1, 0.15) is 0 Å². The normalized spacial score (nSPS) is 18.6. The van der Waals surface area contributed by atoms with Crippen LogP contribution >= 0.6 is 0 Å². The molecule has 1 aromatic heterocycles. The number of hydrogen-bond donors (Lipinski definition) is 2. The molecule has 1 saturated carbocycles. The lowest BCUT2D eigenvalue weighted by atomic mass is 10.0. The summed E-state index contributed by atoms with van der Waals surface area (Å²) in [6, 6.07) is 8.80. The summed E-state index contributed by atoms with van der Waals surface area (Å²) in [6.45, 7) is 0. The van der Waals surface area contributed by atoms with E-state index < -0.39 is 0 Å². The fourth-order valence-corrected chi connectivity index (χ4v) is 2.00. The third-order valence-corrected chi connectivity index (χ3v) is 3.09. The number of aromatic amines is 1. The number of benzene rings is 1. The van der Waals surface area contributed by atoms with Gasteiger partial charge < -0.3 is 10.7 Å². The summed E-state index contributed by atoms with van der Waals surface area (Å²) in [7, 11) is 0. The predicted molar refractivity (Wildman–Crippen MR) is 58.0 cm³/mol. The van der Waals surface area contributed by atoms with Gasteiger partial charge in [0.05, 0.1) is 0 Å². The van der Waals surface area contributed by atoms with Crippen LogP contribution in [0.1, 0.15) is 24.4 Å². The topological polar surface area (TPSA) is 41.8 Å². The first-order chi connectivity index (χ1) is 6.84. The SMILES string of the molecule is N[C@H](c1ccc2cc[nH]c2c1)C1CC1. The molecule has 0 radical (unpaired) electrons. The lowest BCUT2D eigenvalue weighted by molar-refractivity contribution is 0.634. The van der Waals surface area contributed by atoms with E-state index in [1.807, 2.05) is 6.20 Å². The number of H-pyrrole nitrogens is 1. The molecule has 1 fully saturated rings. The largest absolute Gasteiger partial charge is 0.361 e. The van der Waals surface area contributed by atoms with Crippen LogP contribution in [0.4, 0.5) is 0 Å². The van der Waals surface area contributed by atoms with Gasteiger partial charge in [-0.25, -0.2) is 0 Å². The van der Waals surface area contributed by atoms with Gasteiger partial charge in [-0.15, -0.1) is 0 Å². The zero-order valence-corrected chi connectivity index (χ0v) is 8.03. The summed E-state index contributed by atoms with van der Waals surface area (Å²) in [4.78, 5) is 3.22. The Balaban J connectivity index is 2.03. The lowest BCUT2D eigenvalue weighted by Crippen LogP contribution is -2.11. The van der Waals surface area contributed by atoms with Gasteiger partial charge in [-0.1, -0.05) is 12.1 Å². The molecule has 1 aliphatic rings. The summed E-state index contributed by atoms with van der Waals surface area (Å²) in [5.74, 6) is 0.724. The van der Waals surface area contributed by atoms with E-state index >= 15 is 0 Å². The van der Waals surface area contributed by atoms with Crippen LogP contribution in [0.2, 0.25) is 0 Å². The molecule has 1 aromatic carbocycles. The first-order valence-electron chi connectivity index (χ1n) is 5.17. The molecule has 0 aliphatic heterocycles. The minimum Gasteiger partial charge on any atom is -0.361 e. The van der Waals surface area contributed by atoms with Crippen LogP contribution in [0.15, 0.2) is 30.5 Å². The molecule has 3 N–H and O–H groups in total. The van der Waals surface area contributed by atoms with Crippen LogP contribution in [0.5, 0.6) is 0 Å². The minimum atomic E-state index is 0.239. The highest BCUT2D eigenvalue weighted by molar-refractivity contribution is 5.79. The molecule has 0 spiro atoms. The fourth-order valence-electron chi connectivity index (χ4n) is 2.00. The second-order valence-corrected chi connectivity index (χ2v) is 4.19. The zero-order chi connectivity index (χ0) is 9.54. The summed E-state index contributed by atoms with van der Waals surface area (Å²) in [5.41, 5.74) is 8.61. The summed E-state index contributed by atoms with van der Waals surface area (Å²) in [5, 5.41) is 1.26. The van der Waals surface area contributed by atoms with Crippen molar-refractivity contribution < 1.29 is 0 Å². The number of rotatable bonds is 2. The van der Waals surface area contributed by atoms with Gasteiger partial charge in [0.15, 0.2) is 0 Å². The van der Waals surface area contributed by atoms with Gasteiger partial charge in [0.2, 0.25) is 0 Å². The molecular formula is C12H14N2. The van der Waals surface area contributed by atoms with Crippen molar-refractivity contribution in [3.05, 3.63) is 36.0 Å². The van der Waals surface area contributed by atoms with Gasteiger partial charge in [0.25, 0.3) is 0 Å². The maximum absolute atomic E-state index is 6.15. The second-order valence-electron chi connectivity index (χ2n) is 4.19. The molecule has 1 atom stereocenters. The summed E-state index contributed by atoms with van der Waals surface area (Å²) < 4.78 is 0. The van der Waals surface area contributed by atoms with Gasteiger partial charge in [0, 0.05) is 17.8 Å². The van der Waals surface area contributed by atoms with E-state index in [0.717, 1.165) is 5.92 Å². The Bertz CT molecular complexity index is 454. The second kappa shape index (κ2) is 2.85. The fraction of sp³-hybridized carbons (Fsp3) is 0.333. The van der Waals surface area contributed by atoms with Crippen molar-refractivity contribution in [1.29, 1.82) is 0 Å². The number of nitrogens with one attached hydrogen (secondary N) is 1. The first-order valence-corrected chi connectivity index (χ1v) is 5.17. The maximum Gasteiger partial charge on any atom is 0.0457 e. The Morgan fingerprint density at radius 2 is 2.14 bits per heavy atom. The molecule has 0 saturated heterocycles. The third-order valence-electron chi connectivity index (χ3n) is 3.09. The van der Waals surface area contributed by atoms with Gasteiger partial charge >= 0.3 is 0 Å². The highest BCUT2D eigenvalue weighted by atomic mass is 14.7. The maximum atomic E-state index is 6.15. The van der Waals surface area contributed by atoms with Crippen molar-refractivity contribution in [1.82, 2.24) is 4.98 Å². The van der Waals surface area contributed by atoms with Crippen molar-refractivity contribution in [3.8, 4) is 0 Å². The lowest BCUT2D eigenvalue weighted by Gasteiger charge is -2.10. The monoisotopic (exact) mass is 186 g/mol. The van der Waals surface area contributed by atoms with E-state index in [1.165, 1.54) is 29.3 Å². The minimum absolute atomic E-state index is 0.239. The van der Waals surface area contributed by atoms with E-state index in [2.05, 4.69) is 29.2 Å².